The first-order valence-electron chi connectivity index (χ1n) is 7.64. The van der Waals surface area contributed by atoms with Crippen LogP contribution in [0.25, 0.3) is 0 Å². The van der Waals surface area contributed by atoms with Crippen molar-refractivity contribution in [2.24, 2.45) is 0 Å². The first-order valence-corrected chi connectivity index (χ1v) is 9.53. The molecule has 0 aromatic carbocycles. The molecule has 1 aromatic rings. The number of anilines is 1. The number of sulfone groups is 1. The molecule has 2 rings (SSSR count). The molecule has 0 spiro atoms. The number of nitrogens with zero attached hydrogens (tertiary/aromatic N) is 1. The van der Waals surface area contributed by atoms with Gasteiger partial charge in [0.25, 0.3) is 5.91 Å². The Morgan fingerprint density at radius 2 is 2.09 bits per heavy atom. The van der Waals surface area contributed by atoms with Crippen molar-refractivity contribution in [2.45, 2.75) is 24.5 Å². The molecule has 0 bridgehead atoms. The molecule has 1 aromatic heterocycles. The van der Waals surface area contributed by atoms with Crippen molar-refractivity contribution in [3.8, 4) is 0 Å². The van der Waals surface area contributed by atoms with Gasteiger partial charge in [0.05, 0.1) is 10.4 Å². The van der Waals surface area contributed by atoms with Crippen LogP contribution in [0.2, 0.25) is 0 Å². The summed E-state index contributed by atoms with van der Waals surface area (Å²) in [5.41, 5.74) is 0.901. The summed E-state index contributed by atoms with van der Waals surface area (Å²) in [6.45, 7) is 3.42. The molecule has 0 saturated carbocycles. The summed E-state index contributed by atoms with van der Waals surface area (Å²) in [6, 6.07) is 3.51. The van der Waals surface area contributed by atoms with E-state index in [4.69, 9.17) is 4.74 Å². The standard InChI is InChI=1S/C15H23N3O4S/c1-3-16-12-5-4-8-17-13(12)14(19)18-11-15(23(2,20)21)6-9-22-10-7-15/h4-5,8,16H,3,6-7,9-11H2,1-2H3,(H,18,19). The van der Waals surface area contributed by atoms with Gasteiger partial charge in [-0.25, -0.2) is 13.4 Å². The second-order valence-electron chi connectivity index (χ2n) is 5.68. The second-order valence-corrected chi connectivity index (χ2v) is 8.09. The van der Waals surface area contributed by atoms with Crippen molar-refractivity contribution >= 4 is 21.4 Å². The van der Waals surface area contributed by atoms with E-state index in [1.165, 1.54) is 12.5 Å². The van der Waals surface area contributed by atoms with E-state index in [1.54, 1.807) is 12.1 Å². The number of aromatic nitrogens is 1. The summed E-state index contributed by atoms with van der Waals surface area (Å²) in [4.78, 5) is 16.5. The third kappa shape index (κ3) is 4.00. The van der Waals surface area contributed by atoms with Crippen LogP contribution in [0.1, 0.15) is 30.3 Å². The molecule has 0 atom stereocenters. The second kappa shape index (κ2) is 7.27. The van der Waals surface area contributed by atoms with Gasteiger partial charge in [-0.15, -0.1) is 0 Å². The molecule has 1 aliphatic rings. The number of ether oxygens (including phenoxy) is 1. The van der Waals surface area contributed by atoms with Crippen molar-refractivity contribution in [3.63, 3.8) is 0 Å². The third-order valence-corrected chi connectivity index (χ3v) is 6.28. The van der Waals surface area contributed by atoms with Crippen LogP contribution < -0.4 is 10.6 Å². The van der Waals surface area contributed by atoms with Crippen molar-refractivity contribution < 1.29 is 17.9 Å². The molecule has 2 heterocycles. The molecule has 1 aliphatic heterocycles. The van der Waals surface area contributed by atoms with E-state index >= 15 is 0 Å². The molecule has 1 amide bonds. The van der Waals surface area contributed by atoms with Gasteiger partial charge in [0.2, 0.25) is 0 Å². The zero-order valence-electron chi connectivity index (χ0n) is 13.5. The largest absolute Gasteiger partial charge is 0.383 e. The molecular formula is C15H23N3O4S. The van der Waals surface area contributed by atoms with E-state index < -0.39 is 14.6 Å². The van der Waals surface area contributed by atoms with E-state index in [0.29, 0.717) is 38.3 Å². The van der Waals surface area contributed by atoms with Gasteiger partial charge in [-0.2, -0.15) is 0 Å². The minimum absolute atomic E-state index is 0.0656. The lowest BCUT2D eigenvalue weighted by Gasteiger charge is -2.35. The van der Waals surface area contributed by atoms with E-state index in [1.807, 2.05) is 6.92 Å². The summed E-state index contributed by atoms with van der Waals surface area (Å²) >= 11 is 0. The SMILES string of the molecule is CCNc1cccnc1C(=O)NCC1(S(C)(=O)=O)CCOCC1. The lowest BCUT2D eigenvalue weighted by Crippen LogP contribution is -2.51. The summed E-state index contributed by atoms with van der Waals surface area (Å²) < 4.78 is 28.7. The normalized spacial score (nSPS) is 17.5. The number of hydrogen-bond donors (Lipinski definition) is 2. The molecule has 128 valence electrons. The van der Waals surface area contributed by atoms with Crippen molar-refractivity contribution in [3.05, 3.63) is 24.0 Å². The average molecular weight is 341 g/mol. The average Bonchev–Trinajstić information content (AvgIpc) is 2.53. The molecule has 2 N–H and O–H groups in total. The van der Waals surface area contributed by atoms with Crippen molar-refractivity contribution in [2.75, 3.05) is 37.9 Å². The number of hydrogen-bond acceptors (Lipinski definition) is 6. The first-order chi connectivity index (χ1) is 10.9. The smallest absolute Gasteiger partial charge is 0.272 e. The fourth-order valence-electron chi connectivity index (χ4n) is 2.67. The Kier molecular flexibility index (Phi) is 5.59. The van der Waals surface area contributed by atoms with Crippen LogP contribution in [0.5, 0.6) is 0 Å². The molecule has 1 saturated heterocycles. The maximum absolute atomic E-state index is 12.4. The van der Waals surface area contributed by atoms with Crippen LogP contribution in [-0.2, 0) is 14.6 Å². The van der Waals surface area contributed by atoms with Crippen LogP contribution in [0.15, 0.2) is 18.3 Å². The van der Waals surface area contributed by atoms with Crippen LogP contribution in [-0.4, -0.2) is 56.6 Å². The summed E-state index contributed by atoms with van der Waals surface area (Å²) in [5.74, 6) is -0.379. The van der Waals surface area contributed by atoms with Gasteiger partial charge in [0.15, 0.2) is 15.5 Å². The topological polar surface area (TPSA) is 97.4 Å². The first kappa shape index (κ1) is 17.7. The maximum atomic E-state index is 12.4. The van der Waals surface area contributed by atoms with Gasteiger partial charge in [-0.05, 0) is 31.9 Å². The fraction of sp³-hybridized carbons (Fsp3) is 0.600. The maximum Gasteiger partial charge on any atom is 0.272 e. The lowest BCUT2D eigenvalue weighted by molar-refractivity contribution is 0.0718. The van der Waals surface area contributed by atoms with Crippen LogP contribution in [0, 0.1) is 0 Å². The molecule has 23 heavy (non-hydrogen) atoms. The van der Waals surface area contributed by atoms with Gasteiger partial charge in [0.1, 0.15) is 0 Å². The molecule has 0 aliphatic carbocycles. The predicted octanol–water partition coefficient (Wildman–Crippen LogP) is 0.837. The molecule has 7 nitrogen and oxygen atoms in total. The van der Waals surface area contributed by atoms with Gasteiger partial charge in [0, 0.05) is 38.8 Å². The Morgan fingerprint density at radius 3 is 2.70 bits per heavy atom. The Balaban J connectivity index is 2.14. The molecule has 0 radical (unpaired) electrons. The monoisotopic (exact) mass is 341 g/mol. The predicted molar refractivity (Wildman–Crippen MR) is 88.4 cm³/mol. The van der Waals surface area contributed by atoms with Gasteiger partial charge in [-0.3, -0.25) is 4.79 Å². The van der Waals surface area contributed by atoms with Gasteiger partial charge >= 0.3 is 0 Å². The van der Waals surface area contributed by atoms with Gasteiger partial charge < -0.3 is 15.4 Å². The van der Waals surface area contributed by atoms with E-state index in [9.17, 15) is 13.2 Å². The molecule has 0 unspecified atom stereocenters. The number of amides is 1. The van der Waals surface area contributed by atoms with Crippen LogP contribution >= 0.6 is 0 Å². The highest BCUT2D eigenvalue weighted by molar-refractivity contribution is 7.92. The number of pyridine rings is 1. The number of carbonyl (C=O) groups excluding carboxylic acids is 1. The number of nitrogens with one attached hydrogen (secondary N) is 2. The molecule has 8 heteroatoms. The van der Waals surface area contributed by atoms with Crippen molar-refractivity contribution in [1.29, 1.82) is 0 Å². The van der Waals surface area contributed by atoms with Crippen LogP contribution in [0.3, 0.4) is 0 Å². The Hall–Kier alpha value is -1.67. The Bertz CT molecular complexity index is 654. The summed E-state index contributed by atoms with van der Waals surface area (Å²) in [6.07, 6.45) is 3.52. The molecule has 1 fully saturated rings. The van der Waals surface area contributed by atoms with Crippen molar-refractivity contribution in [1.82, 2.24) is 10.3 Å². The minimum atomic E-state index is -3.32. The Labute approximate surface area is 136 Å². The molecular weight excluding hydrogens is 318 g/mol. The minimum Gasteiger partial charge on any atom is -0.383 e. The quantitative estimate of drug-likeness (QED) is 0.796. The lowest BCUT2D eigenvalue weighted by atomic mass is 9.99. The Morgan fingerprint density at radius 1 is 1.39 bits per heavy atom. The fourth-order valence-corrected chi connectivity index (χ4v) is 3.91. The zero-order valence-corrected chi connectivity index (χ0v) is 14.3. The van der Waals surface area contributed by atoms with Gasteiger partial charge in [-0.1, -0.05) is 0 Å². The third-order valence-electron chi connectivity index (χ3n) is 4.15. The highest BCUT2D eigenvalue weighted by Gasteiger charge is 2.42. The number of rotatable bonds is 6. The van der Waals surface area contributed by atoms with Crippen LogP contribution in [0.4, 0.5) is 5.69 Å². The summed E-state index contributed by atoms with van der Waals surface area (Å²) in [5, 5.41) is 5.81. The highest BCUT2D eigenvalue weighted by atomic mass is 32.2. The van der Waals surface area contributed by atoms with E-state index in [0.717, 1.165) is 0 Å². The zero-order chi connectivity index (χ0) is 16.9. The number of carbonyl (C=O) groups is 1. The highest BCUT2D eigenvalue weighted by Crippen LogP contribution is 2.28. The van der Waals surface area contributed by atoms with E-state index in [2.05, 4.69) is 15.6 Å². The van der Waals surface area contributed by atoms with E-state index in [-0.39, 0.29) is 18.1 Å². The summed E-state index contributed by atoms with van der Waals surface area (Å²) in [7, 11) is -3.32.